The van der Waals surface area contributed by atoms with Crippen molar-refractivity contribution in [1.29, 1.82) is 0 Å². The lowest BCUT2D eigenvalue weighted by Gasteiger charge is -2.05. The third-order valence-electron chi connectivity index (χ3n) is 1.33. The SMILES string of the molecule is CCOc1ccnc(C)c1Br. The van der Waals surface area contributed by atoms with Crippen molar-refractivity contribution < 1.29 is 4.74 Å². The van der Waals surface area contributed by atoms with E-state index in [1.165, 1.54) is 0 Å². The number of nitrogens with zero attached hydrogens (tertiary/aromatic N) is 1. The van der Waals surface area contributed by atoms with Crippen LogP contribution in [0.3, 0.4) is 0 Å². The summed E-state index contributed by atoms with van der Waals surface area (Å²) < 4.78 is 6.28. The maximum Gasteiger partial charge on any atom is 0.136 e. The maximum absolute atomic E-state index is 5.33. The quantitative estimate of drug-likeness (QED) is 0.757. The lowest BCUT2D eigenvalue weighted by molar-refractivity contribution is 0.337. The Morgan fingerprint density at radius 1 is 1.64 bits per heavy atom. The standard InChI is InChI=1S/C8H10BrNO/c1-3-11-7-4-5-10-6(2)8(7)9/h4-5H,3H2,1-2H3. The Kier molecular flexibility index (Phi) is 2.88. The molecular weight excluding hydrogens is 206 g/mol. The summed E-state index contributed by atoms with van der Waals surface area (Å²) >= 11 is 3.39. The minimum absolute atomic E-state index is 0.683. The molecule has 0 saturated heterocycles. The van der Waals surface area contributed by atoms with E-state index >= 15 is 0 Å². The van der Waals surface area contributed by atoms with E-state index in [1.807, 2.05) is 19.9 Å². The zero-order valence-corrected chi connectivity index (χ0v) is 8.18. The number of aromatic nitrogens is 1. The van der Waals surface area contributed by atoms with E-state index in [0.717, 1.165) is 15.9 Å². The van der Waals surface area contributed by atoms with Crippen molar-refractivity contribution in [1.82, 2.24) is 4.98 Å². The molecule has 0 aliphatic rings. The van der Waals surface area contributed by atoms with Crippen LogP contribution in [-0.2, 0) is 0 Å². The first-order chi connectivity index (χ1) is 5.25. The molecule has 0 unspecified atom stereocenters. The first kappa shape index (κ1) is 8.53. The second-order valence-corrected chi connectivity index (χ2v) is 2.93. The second-order valence-electron chi connectivity index (χ2n) is 2.14. The van der Waals surface area contributed by atoms with Crippen molar-refractivity contribution in [3.63, 3.8) is 0 Å². The molecule has 1 rings (SSSR count). The van der Waals surface area contributed by atoms with Crippen LogP contribution in [0.2, 0.25) is 0 Å². The van der Waals surface area contributed by atoms with Crippen LogP contribution in [0, 0.1) is 6.92 Å². The fourth-order valence-electron chi connectivity index (χ4n) is 0.792. The lowest BCUT2D eigenvalue weighted by Crippen LogP contribution is -1.94. The van der Waals surface area contributed by atoms with Gasteiger partial charge in [-0.15, -0.1) is 0 Å². The molecule has 0 spiro atoms. The number of halogens is 1. The van der Waals surface area contributed by atoms with E-state index in [9.17, 15) is 0 Å². The molecule has 3 heteroatoms. The molecular formula is C8H10BrNO. The average Bonchev–Trinajstić information content (AvgIpc) is 1.99. The van der Waals surface area contributed by atoms with Gasteiger partial charge in [0.25, 0.3) is 0 Å². The number of ether oxygens (including phenoxy) is 1. The van der Waals surface area contributed by atoms with Gasteiger partial charge >= 0.3 is 0 Å². The molecule has 0 aliphatic carbocycles. The Labute approximate surface area is 74.7 Å². The van der Waals surface area contributed by atoms with Crippen molar-refractivity contribution in [2.75, 3.05) is 6.61 Å². The average molecular weight is 216 g/mol. The number of pyridine rings is 1. The minimum atomic E-state index is 0.683. The molecule has 0 aliphatic heterocycles. The zero-order chi connectivity index (χ0) is 8.27. The van der Waals surface area contributed by atoms with Gasteiger partial charge in [-0.25, -0.2) is 0 Å². The fraction of sp³-hybridized carbons (Fsp3) is 0.375. The van der Waals surface area contributed by atoms with E-state index in [-0.39, 0.29) is 0 Å². The van der Waals surface area contributed by atoms with Crippen LogP contribution in [0.15, 0.2) is 16.7 Å². The molecule has 0 radical (unpaired) electrons. The molecule has 60 valence electrons. The van der Waals surface area contributed by atoms with Crippen LogP contribution >= 0.6 is 15.9 Å². The predicted molar refractivity (Wildman–Crippen MR) is 47.8 cm³/mol. The van der Waals surface area contributed by atoms with Gasteiger partial charge in [0.05, 0.1) is 16.8 Å². The molecule has 1 heterocycles. The van der Waals surface area contributed by atoms with Crippen molar-refractivity contribution >= 4 is 15.9 Å². The van der Waals surface area contributed by atoms with Crippen molar-refractivity contribution in [3.05, 3.63) is 22.4 Å². The van der Waals surface area contributed by atoms with Crippen LogP contribution in [0.1, 0.15) is 12.6 Å². The lowest BCUT2D eigenvalue weighted by atomic mass is 10.3. The van der Waals surface area contributed by atoms with Crippen LogP contribution < -0.4 is 4.74 Å². The summed E-state index contributed by atoms with van der Waals surface area (Å²) in [5.41, 5.74) is 0.955. The van der Waals surface area contributed by atoms with Gasteiger partial charge < -0.3 is 4.74 Å². The molecule has 0 N–H and O–H groups in total. The molecule has 1 aromatic heterocycles. The molecule has 0 atom stereocenters. The van der Waals surface area contributed by atoms with Gasteiger partial charge in [0.2, 0.25) is 0 Å². The fourth-order valence-corrected chi connectivity index (χ4v) is 1.14. The van der Waals surface area contributed by atoms with E-state index < -0.39 is 0 Å². The van der Waals surface area contributed by atoms with E-state index in [1.54, 1.807) is 6.20 Å². The highest BCUT2D eigenvalue weighted by molar-refractivity contribution is 9.10. The van der Waals surface area contributed by atoms with Crippen LogP contribution in [0.25, 0.3) is 0 Å². The van der Waals surface area contributed by atoms with Crippen LogP contribution in [-0.4, -0.2) is 11.6 Å². The molecule has 0 saturated carbocycles. The van der Waals surface area contributed by atoms with Crippen molar-refractivity contribution in [3.8, 4) is 5.75 Å². The molecule has 2 nitrogen and oxygen atoms in total. The maximum atomic E-state index is 5.33. The Balaban J connectivity index is 2.96. The van der Waals surface area contributed by atoms with Crippen LogP contribution in [0.5, 0.6) is 5.75 Å². The Morgan fingerprint density at radius 2 is 2.36 bits per heavy atom. The van der Waals surface area contributed by atoms with E-state index in [2.05, 4.69) is 20.9 Å². The minimum Gasteiger partial charge on any atom is -0.493 e. The summed E-state index contributed by atoms with van der Waals surface area (Å²) in [6, 6.07) is 1.85. The Morgan fingerprint density at radius 3 is 3.00 bits per heavy atom. The number of hydrogen-bond donors (Lipinski definition) is 0. The summed E-state index contributed by atoms with van der Waals surface area (Å²) in [6.45, 7) is 4.58. The summed E-state index contributed by atoms with van der Waals surface area (Å²) in [4.78, 5) is 4.09. The highest BCUT2D eigenvalue weighted by atomic mass is 79.9. The van der Waals surface area contributed by atoms with Crippen molar-refractivity contribution in [2.24, 2.45) is 0 Å². The number of rotatable bonds is 2. The Bertz CT molecular complexity index is 250. The molecule has 0 amide bonds. The van der Waals surface area contributed by atoms with Gasteiger partial charge in [0.15, 0.2) is 0 Å². The first-order valence-electron chi connectivity index (χ1n) is 3.49. The van der Waals surface area contributed by atoms with Gasteiger partial charge in [-0.3, -0.25) is 4.98 Å². The topological polar surface area (TPSA) is 22.1 Å². The molecule has 0 fully saturated rings. The summed E-state index contributed by atoms with van der Waals surface area (Å²) in [5.74, 6) is 0.861. The molecule has 11 heavy (non-hydrogen) atoms. The van der Waals surface area contributed by atoms with Gasteiger partial charge in [-0.2, -0.15) is 0 Å². The zero-order valence-electron chi connectivity index (χ0n) is 6.60. The summed E-state index contributed by atoms with van der Waals surface area (Å²) in [6.07, 6.45) is 1.74. The van der Waals surface area contributed by atoms with Gasteiger partial charge in [0.1, 0.15) is 5.75 Å². The third kappa shape index (κ3) is 1.93. The van der Waals surface area contributed by atoms with E-state index in [4.69, 9.17) is 4.74 Å². The van der Waals surface area contributed by atoms with Gasteiger partial charge in [-0.1, -0.05) is 0 Å². The largest absolute Gasteiger partial charge is 0.493 e. The number of hydrogen-bond acceptors (Lipinski definition) is 2. The highest BCUT2D eigenvalue weighted by Gasteiger charge is 2.02. The summed E-state index contributed by atoms with van der Waals surface area (Å²) in [5, 5.41) is 0. The first-order valence-corrected chi connectivity index (χ1v) is 4.29. The molecule has 0 bridgehead atoms. The van der Waals surface area contributed by atoms with Gasteiger partial charge in [-0.05, 0) is 35.8 Å². The van der Waals surface area contributed by atoms with Gasteiger partial charge in [0, 0.05) is 6.20 Å². The highest BCUT2D eigenvalue weighted by Crippen LogP contribution is 2.25. The third-order valence-corrected chi connectivity index (χ3v) is 2.29. The smallest absolute Gasteiger partial charge is 0.136 e. The molecule has 1 aromatic rings. The number of aryl methyl sites for hydroxylation is 1. The predicted octanol–water partition coefficient (Wildman–Crippen LogP) is 2.55. The second kappa shape index (κ2) is 3.72. The van der Waals surface area contributed by atoms with E-state index in [0.29, 0.717) is 6.61 Å². The monoisotopic (exact) mass is 215 g/mol. The molecule has 0 aromatic carbocycles. The van der Waals surface area contributed by atoms with Crippen LogP contribution in [0.4, 0.5) is 0 Å². The normalized spacial score (nSPS) is 9.73. The van der Waals surface area contributed by atoms with Crippen molar-refractivity contribution in [2.45, 2.75) is 13.8 Å². The Hall–Kier alpha value is -0.570. The summed E-state index contributed by atoms with van der Waals surface area (Å²) in [7, 11) is 0.